The van der Waals surface area contributed by atoms with Gasteiger partial charge in [-0.1, -0.05) is 12.7 Å². The fourth-order valence-electron chi connectivity index (χ4n) is 0.990. The van der Waals surface area contributed by atoms with Crippen molar-refractivity contribution in [3.8, 4) is 0 Å². The Morgan fingerprint density at radius 1 is 1.55 bits per heavy atom. The molecule has 0 aromatic carbocycles. The van der Waals surface area contributed by atoms with Gasteiger partial charge in [-0.05, 0) is 6.07 Å². The zero-order valence-corrected chi connectivity index (χ0v) is 5.94. The molecule has 2 rings (SSSR count). The summed E-state index contributed by atoms with van der Waals surface area (Å²) in [6.07, 6.45) is 7.09. The van der Waals surface area contributed by atoms with Gasteiger partial charge in [-0.25, -0.2) is 9.50 Å². The van der Waals surface area contributed by atoms with Crippen LogP contribution in [0.2, 0.25) is 0 Å². The van der Waals surface area contributed by atoms with Gasteiger partial charge in [0.25, 0.3) is 0 Å². The first kappa shape index (κ1) is 6.09. The highest BCUT2D eigenvalue weighted by Gasteiger charge is 1.97. The van der Waals surface area contributed by atoms with Crippen LogP contribution < -0.4 is 0 Å². The van der Waals surface area contributed by atoms with E-state index in [1.165, 1.54) is 0 Å². The van der Waals surface area contributed by atoms with E-state index in [1.807, 2.05) is 12.3 Å². The lowest BCUT2D eigenvalue weighted by molar-refractivity contribution is 0.939. The zero-order chi connectivity index (χ0) is 7.68. The van der Waals surface area contributed by atoms with Gasteiger partial charge in [0.2, 0.25) is 0 Å². The molecule has 0 atom stereocenters. The molecule has 54 valence electrons. The molecule has 0 aliphatic rings. The largest absolute Gasteiger partial charge is 0.236 e. The van der Waals surface area contributed by atoms with Crippen molar-refractivity contribution < 1.29 is 0 Å². The zero-order valence-electron chi connectivity index (χ0n) is 5.94. The third-order valence-corrected chi connectivity index (χ3v) is 1.53. The summed E-state index contributed by atoms with van der Waals surface area (Å²) in [5, 5.41) is 4.07. The second-order valence-corrected chi connectivity index (χ2v) is 2.19. The number of fused-ring (bicyclic) bond motifs is 1. The van der Waals surface area contributed by atoms with Gasteiger partial charge in [0.15, 0.2) is 5.65 Å². The van der Waals surface area contributed by atoms with Crippen molar-refractivity contribution in [1.29, 1.82) is 0 Å². The molecule has 2 aromatic rings. The van der Waals surface area contributed by atoms with E-state index in [2.05, 4.69) is 16.7 Å². The third-order valence-electron chi connectivity index (χ3n) is 1.53. The van der Waals surface area contributed by atoms with E-state index in [0.717, 1.165) is 11.2 Å². The lowest BCUT2D eigenvalue weighted by atomic mass is 10.3. The van der Waals surface area contributed by atoms with Crippen molar-refractivity contribution in [2.75, 3.05) is 0 Å². The first-order valence-electron chi connectivity index (χ1n) is 3.32. The van der Waals surface area contributed by atoms with Gasteiger partial charge < -0.3 is 0 Å². The number of rotatable bonds is 1. The summed E-state index contributed by atoms with van der Waals surface area (Å²) in [4.78, 5) is 4.14. The summed E-state index contributed by atoms with van der Waals surface area (Å²) in [5.74, 6) is 0. The van der Waals surface area contributed by atoms with Gasteiger partial charge in [0.05, 0.1) is 6.20 Å². The first-order chi connectivity index (χ1) is 5.42. The Hall–Kier alpha value is -1.64. The van der Waals surface area contributed by atoms with Gasteiger partial charge in [-0.2, -0.15) is 5.10 Å². The highest BCUT2D eigenvalue weighted by Crippen LogP contribution is 2.06. The van der Waals surface area contributed by atoms with Crippen LogP contribution in [0.15, 0.2) is 31.2 Å². The Kier molecular flexibility index (Phi) is 1.22. The minimum atomic E-state index is 0.850. The molecule has 2 aromatic heterocycles. The number of aromatic nitrogens is 3. The SMILES string of the molecule is C=Cc1cnn2cccnc12. The van der Waals surface area contributed by atoms with Gasteiger partial charge in [-0.3, -0.25) is 0 Å². The van der Waals surface area contributed by atoms with Crippen molar-refractivity contribution >= 4 is 11.7 Å². The lowest BCUT2D eigenvalue weighted by Gasteiger charge is -1.89. The molecule has 3 nitrogen and oxygen atoms in total. The van der Waals surface area contributed by atoms with Gasteiger partial charge >= 0.3 is 0 Å². The molecule has 0 aliphatic heterocycles. The molecule has 0 aliphatic carbocycles. The number of hydrogen-bond acceptors (Lipinski definition) is 2. The quantitative estimate of drug-likeness (QED) is 0.606. The molecular formula is C8H7N3. The van der Waals surface area contributed by atoms with Crippen molar-refractivity contribution in [2.24, 2.45) is 0 Å². The average molecular weight is 145 g/mol. The van der Waals surface area contributed by atoms with E-state index >= 15 is 0 Å². The second-order valence-electron chi connectivity index (χ2n) is 2.19. The molecule has 0 saturated carbocycles. The van der Waals surface area contributed by atoms with Crippen LogP contribution in [0.4, 0.5) is 0 Å². The molecule has 0 radical (unpaired) electrons. The molecular weight excluding hydrogens is 138 g/mol. The molecule has 0 unspecified atom stereocenters. The Bertz CT molecular complexity index is 389. The molecule has 3 heteroatoms. The Morgan fingerprint density at radius 3 is 3.27 bits per heavy atom. The van der Waals surface area contributed by atoms with E-state index in [-0.39, 0.29) is 0 Å². The van der Waals surface area contributed by atoms with Gasteiger partial charge in [0, 0.05) is 18.0 Å². The fourth-order valence-corrected chi connectivity index (χ4v) is 0.990. The Balaban J connectivity index is 2.86. The molecule has 0 amide bonds. The van der Waals surface area contributed by atoms with Crippen LogP contribution in [0.25, 0.3) is 11.7 Å². The van der Waals surface area contributed by atoms with Gasteiger partial charge in [0.1, 0.15) is 0 Å². The molecule has 0 bridgehead atoms. The molecule has 0 saturated heterocycles. The van der Waals surface area contributed by atoms with Crippen LogP contribution in [-0.2, 0) is 0 Å². The maximum atomic E-state index is 4.14. The summed E-state index contributed by atoms with van der Waals surface area (Å²) in [7, 11) is 0. The van der Waals surface area contributed by atoms with Crippen LogP contribution in [0.3, 0.4) is 0 Å². The van der Waals surface area contributed by atoms with Crippen LogP contribution in [-0.4, -0.2) is 14.6 Å². The Labute approximate surface area is 64.0 Å². The standard InChI is InChI=1S/C8H7N3/c1-2-7-6-10-11-5-3-4-9-8(7)11/h2-6H,1H2. The third kappa shape index (κ3) is 0.816. The number of hydrogen-bond donors (Lipinski definition) is 0. The van der Waals surface area contributed by atoms with Crippen LogP contribution >= 0.6 is 0 Å². The van der Waals surface area contributed by atoms with E-state index in [4.69, 9.17) is 0 Å². The molecule has 0 N–H and O–H groups in total. The second kappa shape index (κ2) is 2.20. The highest BCUT2D eigenvalue weighted by molar-refractivity contribution is 5.62. The molecule has 2 heterocycles. The van der Waals surface area contributed by atoms with E-state index in [0.29, 0.717) is 0 Å². The van der Waals surface area contributed by atoms with Crippen molar-refractivity contribution in [1.82, 2.24) is 14.6 Å². The monoisotopic (exact) mass is 145 g/mol. The predicted octanol–water partition coefficient (Wildman–Crippen LogP) is 1.37. The maximum absolute atomic E-state index is 4.14. The van der Waals surface area contributed by atoms with E-state index in [9.17, 15) is 0 Å². The summed E-state index contributed by atoms with van der Waals surface area (Å²) in [6, 6.07) is 1.84. The Morgan fingerprint density at radius 2 is 2.45 bits per heavy atom. The maximum Gasteiger partial charge on any atom is 0.162 e. The summed E-state index contributed by atoms with van der Waals surface area (Å²) < 4.78 is 1.72. The van der Waals surface area contributed by atoms with Crippen LogP contribution in [0.1, 0.15) is 5.56 Å². The summed E-state index contributed by atoms with van der Waals surface area (Å²) in [5.41, 5.74) is 1.81. The highest BCUT2D eigenvalue weighted by atomic mass is 15.2. The summed E-state index contributed by atoms with van der Waals surface area (Å²) >= 11 is 0. The van der Waals surface area contributed by atoms with E-state index in [1.54, 1.807) is 23.0 Å². The topological polar surface area (TPSA) is 30.2 Å². The number of nitrogens with zero attached hydrogens (tertiary/aromatic N) is 3. The van der Waals surface area contributed by atoms with Crippen LogP contribution in [0.5, 0.6) is 0 Å². The first-order valence-corrected chi connectivity index (χ1v) is 3.32. The fraction of sp³-hybridized carbons (Fsp3) is 0. The minimum Gasteiger partial charge on any atom is -0.236 e. The minimum absolute atomic E-state index is 0.850. The smallest absolute Gasteiger partial charge is 0.162 e. The van der Waals surface area contributed by atoms with Crippen molar-refractivity contribution in [3.63, 3.8) is 0 Å². The molecule has 0 spiro atoms. The molecule has 0 fully saturated rings. The average Bonchev–Trinajstić information content (AvgIpc) is 2.47. The van der Waals surface area contributed by atoms with Crippen LogP contribution in [0, 0.1) is 0 Å². The summed E-state index contributed by atoms with van der Waals surface area (Å²) in [6.45, 7) is 3.66. The molecule has 11 heavy (non-hydrogen) atoms. The van der Waals surface area contributed by atoms with Crippen molar-refractivity contribution in [2.45, 2.75) is 0 Å². The normalized spacial score (nSPS) is 10.2. The van der Waals surface area contributed by atoms with E-state index < -0.39 is 0 Å². The van der Waals surface area contributed by atoms with Crippen molar-refractivity contribution in [3.05, 3.63) is 36.8 Å². The predicted molar refractivity (Wildman–Crippen MR) is 43.1 cm³/mol. The van der Waals surface area contributed by atoms with Gasteiger partial charge in [-0.15, -0.1) is 0 Å². The lowest BCUT2D eigenvalue weighted by Crippen LogP contribution is -1.86.